The number of hydrogen-bond acceptors (Lipinski definition) is 2. The molecule has 0 bridgehead atoms. The Bertz CT molecular complexity index is 93.1. The largest absolute Gasteiger partial charge is 0.285 e. The second-order valence-corrected chi connectivity index (χ2v) is 3.57. The Morgan fingerprint density at radius 3 is 1.75 bits per heavy atom. The maximum absolute atomic E-state index is 10.3. The molecular formula is C5H12O2S. The van der Waals surface area contributed by atoms with Crippen LogP contribution in [-0.2, 0) is 15.3 Å². The van der Waals surface area contributed by atoms with Gasteiger partial charge < -0.3 is 0 Å². The van der Waals surface area contributed by atoms with Crippen molar-refractivity contribution in [2.45, 2.75) is 26.4 Å². The fourth-order valence-corrected chi connectivity index (χ4v) is 1.06. The molecule has 0 aromatic heterocycles. The lowest BCUT2D eigenvalue weighted by Crippen LogP contribution is -2.19. The fraction of sp³-hybridized carbons (Fsp3) is 1.00. The zero-order valence-electron chi connectivity index (χ0n) is 5.72. The molecule has 8 heavy (non-hydrogen) atoms. The van der Waals surface area contributed by atoms with Gasteiger partial charge in [0.2, 0.25) is 0 Å². The first-order chi connectivity index (χ1) is 3.42. The molecule has 50 valence electrons. The van der Waals surface area contributed by atoms with Crippen molar-refractivity contribution in [2.75, 3.05) is 6.26 Å². The normalized spacial score (nSPS) is 16.0. The summed E-state index contributed by atoms with van der Waals surface area (Å²) in [5.74, 6) is 0. The molecule has 1 atom stereocenters. The summed E-state index contributed by atoms with van der Waals surface area (Å²) >= 11 is -1.14. The number of rotatable bonds is 1. The monoisotopic (exact) mass is 136 g/mol. The van der Waals surface area contributed by atoms with Gasteiger partial charge in [-0.1, -0.05) is 0 Å². The first-order valence-corrected chi connectivity index (χ1v) is 3.93. The predicted octanol–water partition coefficient (Wildman–Crippen LogP) is 1.10. The first-order valence-electron chi connectivity index (χ1n) is 2.45. The van der Waals surface area contributed by atoms with Crippen LogP contribution in [-0.4, -0.2) is 16.1 Å². The van der Waals surface area contributed by atoms with Gasteiger partial charge in [0, 0.05) is 6.26 Å². The molecule has 0 radical (unpaired) electrons. The van der Waals surface area contributed by atoms with Crippen LogP contribution in [0.5, 0.6) is 0 Å². The summed E-state index contributed by atoms with van der Waals surface area (Å²) < 4.78 is 15.3. The van der Waals surface area contributed by atoms with Gasteiger partial charge in [0.05, 0.1) is 5.60 Å². The van der Waals surface area contributed by atoms with Crippen LogP contribution in [0.4, 0.5) is 0 Å². The van der Waals surface area contributed by atoms with E-state index < -0.39 is 11.1 Å². The van der Waals surface area contributed by atoms with E-state index in [2.05, 4.69) is 0 Å². The Balaban J connectivity index is 3.55. The van der Waals surface area contributed by atoms with E-state index in [1.807, 2.05) is 20.8 Å². The lowest BCUT2D eigenvalue weighted by Gasteiger charge is -2.15. The van der Waals surface area contributed by atoms with Gasteiger partial charge in [-0.05, 0) is 20.8 Å². The fourth-order valence-electron chi connectivity index (χ4n) is 0.352. The third kappa shape index (κ3) is 6.11. The van der Waals surface area contributed by atoms with Crippen LogP contribution in [0.25, 0.3) is 0 Å². The maximum Gasteiger partial charge on any atom is 0.152 e. The van der Waals surface area contributed by atoms with Crippen molar-refractivity contribution >= 4 is 11.1 Å². The molecule has 0 aliphatic heterocycles. The molecule has 0 aromatic rings. The Labute approximate surface area is 52.9 Å². The smallest absolute Gasteiger partial charge is 0.152 e. The highest BCUT2D eigenvalue weighted by atomic mass is 32.2. The summed E-state index contributed by atoms with van der Waals surface area (Å²) in [6.45, 7) is 5.61. The molecule has 3 heteroatoms. The topological polar surface area (TPSA) is 26.3 Å². The van der Waals surface area contributed by atoms with Crippen LogP contribution in [0.1, 0.15) is 20.8 Å². The standard InChI is InChI=1S/C5H12O2S/c1-5(2,3)7-8(4)6/h1-4H3. The van der Waals surface area contributed by atoms with Crippen molar-refractivity contribution < 1.29 is 8.39 Å². The minimum absolute atomic E-state index is 0.278. The van der Waals surface area contributed by atoms with Crippen molar-refractivity contribution in [1.82, 2.24) is 0 Å². The van der Waals surface area contributed by atoms with Crippen molar-refractivity contribution in [3.05, 3.63) is 0 Å². The molecule has 0 fully saturated rings. The summed E-state index contributed by atoms with van der Waals surface area (Å²) in [4.78, 5) is 0. The Morgan fingerprint density at radius 1 is 1.38 bits per heavy atom. The quantitative estimate of drug-likeness (QED) is 0.539. The van der Waals surface area contributed by atoms with Crippen LogP contribution in [0.3, 0.4) is 0 Å². The minimum atomic E-state index is -1.14. The van der Waals surface area contributed by atoms with Gasteiger partial charge in [-0.3, -0.25) is 4.18 Å². The molecule has 0 aliphatic carbocycles. The zero-order valence-corrected chi connectivity index (χ0v) is 6.54. The van der Waals surface area contributed by atoms with Crippen LogP contribution in [0.2, 0.25) is 0 Å². The highest BCUT2D eigenvalue weighted by molar-refractivity contribution is 7.79. The molecule has 0 amide bonds. The van der Waals surface area contributed by atoms with E-state index in [1.165, 1.54) is 6.26 Å². The molecular weight excluding hydrogens is 124 g/mol. The second-order valence-electron chi connectivity index (χ2n) is 2.60. The average molecular weight is 136 g/mol. The van der Waals surface area contributed by atoms with E-state index in [4.69, 9.17) is 4.18 Å². The molecule has 0 aromatic carbocycles. The predicted molar refractivity (Wildman–Crippen MR) is 34.9 cm³/mol. The first kappa shape index (κ1) is 8.11. The molecule has 0 saturated heterocycles. The molecule has 0 heterocycles. The molecule has 1 unspecified atom stereocenters. The van der Waals surface area contributed by atoms with E-state index in [9.17, 15) is 4.21 Å². The average Bonchev–Trinajstić information content (AvgIpc) is 1.21. The summed E-state index contributed by atoms with van der Waals surface area (Å²) in [6, 6.07) is 0. The summed E-state index contributed by atoms with van der Waals surface area (Å²) in [6.07, 6.45) is 1.52. The van der Waals surface area contributed by atoms with Crippen LogP contribution in [0.15, 0.2) is 0 Å². The SMILES string of the molecule is CS(=O)OC(C)(C)C. The van der Waals surface area contributed by atoms with Gasteiger partial charge in [-0.2, -0.15) is 0 Å². The summed E-state index contributed by atoms with van der Waals surface area (Å²) in [7, 11) is 0. The third-order valence-corrected chi connectivity index (χ3v) is 1.10. The van der Waals surface area contributed by atoms with Crippen LogP contribution < -0.4 is 0 Å². The van der Waals surface area contributed by atoms with E-state index in [0.29, 0.717) is 0 Å². The van der Waals surface area contributed by atoms with Gasteiger partial charge in [-0.25, -0.2) is 4.21 Å². The lowest BCUT2D eigenvalue weighted by molar-refractivity contribution is 0.153. The Kier molecular flexibility index (Phi) is 2.63. The van der Waals surface area contributed by atoms with Crippen molar-refractivity contribution in [3.8, 4) is 0 Å². The van der Waals surface area contributed by atoms with Gasteiger partial charge in [-0.15, -0.1) is 0 Å². The molecule has 0 aliphatic rings. The molecule has 0 spiro atoms. The van der Waals surface area contributed by atoms with Gasteiger partial charge in [0.25, 0.3) is 0 Å². The van der Waals surface area contributed by atoms with Crippen molar-refractivity contribution in [1.29, 1.82) is 0 Å². The van der Waals surface area contributed by atoms with Crippen LogP contribution >= 0.6 is 0 Å². The highest BCUT2D eigenvalue weighted by Crippen LogP contribution is 2.07. The van der Waals surface area contributed by atoms with E-state index in [-0.39, 0.29) is 5.60 Å². The minimum Gasteiger partial charge on any atom is -0.285 e. The lowest BCUT2D eigenvalue weighted by atomic mass is 10.2. The molecule has 0 N–H and O–H groups in total. The molecule has 0 saturated carbocycles. The van der Waals surface area contributed by atoms with Crippen LogP contribution in [0, 0.1) is 0 Å². The Hall–Kier alpha value is 0.110. The van der Waals surface area contributed by atoms with Gasteiger partial charge >= 0.3 is 0 Å². The highest BCUT2D eigenvalue weighted by Gasteiger charge is 2.11. The zero-order chi connectivity index (χ0) is 6.78. The molecule has 0 rings (SSSR count). The molecule has 2 nitrogen and oxygen atoms in total. The van der Waals surface area contributed by atoms with Gasteiger partial charge in [0.1, 0.15) is 0 Å². The van der Waals surface area contributed by atoms with E-state index in [1.54, 1.807) is 0 Å². The summed E-state index contributed by atoms with van der Waals surface area (Å²) in [5, 5.41) is 0. The second kappa shape index (κ2) is 2.60. The van der Waals surface area contributed by atoms with Crippen molar-refractivity contribution in [2.24, 2.45) is 0 Å². The summed E-state index contributed by atoms with van der Waals surface area (Å²) in [5.41, 5.74) is -0.278. The van der Waals surface area contributed by atoms with E-state index >= 15 is 0 Å². The maximum atomic E-state index is 10.3. The van der Waals surface area contributed by atoms with Gasteiger partial charge in [0.15, 0.2) is 11.1 Å². The van der Waals surface area contributed by atoms with E-state index in [0.717, 1.165) is 0 Å². The number of hydrogen-bond donors (Lipinski definition) is 0. The Morgan fingerprint density at radius 2 is 1.75 bits per heavy atom. The third-order valence-electron chi connectivity index (χ3n) is 0.367. The van der Waals surface area contributed by atoms with Crippen molar-refractivity contribution in [3.63, 3.8) is 0 Å².